The first kappa shape index (κ1) is 18.6. The Labute approximate surface area is 148 Å². The summed E-state index contributed by atoms with van der Waals surface area (Å²) < 4.78 is 15.8. The molecule has 0 fully saturated rings. The Hall–Kier alpha value is -2.69. The first-order valence-corrected chi connectivity index (χ1v) is 8.33. The Kier molecular flexibility index (Phi) is 7.14. The van der Waals surface area contributed by atoms with Crippen LogP contribution in [-0.4, -0.2) is 26.8 Å². The van der Waals surface area contributed by atoms with Gasteiger partial charge in [0.2, 0.25) is 0 Å². The summed E-state index contributed by atoms with van der Waals surface area (Å²) in [5, 5.41) is 0. The van der Waals surface area contributed by atoms with Gasteiger partial charge < -0.3 is 19.9 Å². The third-order valence-corrected chi connectivity index (χ3v) is 3.92. The van der Waals surface area contributed by atoms with Crippen LogP contribution in [0, 0.1) is 0 Å². The molecule has 0 atom stereocenters. The molecule has 5 nitrogen and oxygen atoms in total. The monoisotopic (exact) mass is 343 g/mol. The lowest BCUT2D eigenvalue weighted by Gasteiger charge is -2.10. The molecule has 0 heterocycles. The molecule has 2 aromatic rings. The molecule has 2 aromatic carbocycles. The Morgan fingerprint density at radius 3 is 2.28 bits per heavy atom. The van der Waals surface area contributed by atoms with Crippen molar-refractivity contribution in [2.75, 3.05) is 26.6 Å². The highest BCUT2D eigenvalue weighted by Crippen LogP contribution is 2.27. The summed E-state index contributed by atoms with van der Waals surface area (Å²) in [4.78, 5) is 11.8. The van der Waals surface area contributed by atoms with Gasteiger partial charge in [-0.3, -0.25) is 4.79 Å². The number of nitrogens with two attached hydrogens (primary N) is 1. The zero-order valence-corrected chi connectivity index (χ0v) is 14.8. The number of anilines is 1. The van der Waals surface area contributed by atoms with Crippen LogP contribution in [0.2, 0.25) is 0 Å². The van der Waals surface area contributed by atoms with E-state index in [2.05, 4.69) is 0 Å². The topological polar surface area (TPSA) is 70.8 Å². The van der Waals surface area contributed by atoms with Crippen LogP contribution in [0.5, 0.6) is 11.5 Å². The fraction of sp³-hybridized carbons (Fsp3) is 0.350. The summed E-state index contributed by atoms with van der Waals surface area (Å²) in [5.41, 5.74) is 8.56. The van der Waals surface area contributed by atoms with Crippen LogP contribution in [0.25, 0.3) is 0 Å². The second kappa shape index (κ2) is 9.57. The van der Waals surface area contributed by atoms with Crippen molar-refractivity contribution < 1.29 is 19.0 Å². The number of aryl methyl sites for hydroxylation is 2. The molecule has 134 valence electrons. The van der Waals surface area contributed by atoms with Gasteiger partial charge in [0.05, 0.1) is 20.8 Å². The molecule has 2 rings (SSSR count). The standard InChI is InChI=1S/C20H25NO4/c1-23-18-11-7-16(14-19(18)24-2)4-3-13-25-20(22)12-8-15-5-9-17(21)10-6-15/h5-7,9-11,14H,3-4,8,12-13,21H2,1-2H3. The number of rotatable bonds is 9. The van der Waals surface area contributed by atoms with E-state index in [0.717, 1.165) is 29.7 Å². The minimum atomic E-state index is -0.177. The molecule has 0 bridgehead atoms. The predicted molar refractivity (Wildman–Crippen MR) is 98.0 cm³/mol. The minimum absolute atomic E-state index is 0.177. The van der Waals surface area contributed by atoms with E-state index >= 15 is 0 Å². The van der Waals surface area contributed by atoms with Crippen molar-refractivity contribution >= 4 is 11.7 Å². The van der Waals surface area contributed by atoms with E-state index in [1.807, 2.05) is 42.5 Å². The second-order valence-corrected chi connectivity index (χ2v) is 5.75. The first-order chi connectivity index (χ1) is 12.1. The van der Waals surface area contributed by atoms with Crippen LogP contribution in [0.3, 0.4) is 0 Å². The van der Waals surface area contributed by atoms with E-state index in [1.54, 1.807) is 14.2 Å². The largest absolute Gasteiger partial charge is 0.493 e. The van der Waals surface area contributed by atoms with Crippen molar-refractivity contribution in [3.63, 3.8) is 0 Å². The molecule has 25 heavy (non-hydrogen) atoms. The molecule has 0 aliphatic rings. The highest BCUT2D eigenvalue weighted by molar-refractivity contribution is 5.69. The summed E-state index contributed by atoms with van der Waals surface area (Å²) in [5.74, 6) is 1.24. The molecule has 0 saturated carbocycles. The fourth-order valence-corrected chi connectivity index (χ4v) is 2.50. The number of esters is 1. The average molecular weight is 343 g/mol. The normalized spacial score (nSPS) is 10.3. The number of methoxy groups -OCH3 is 2. The smallest absolute Gasteiger partial charge is 0.306 e. The number of nitrogen functional groups attached to an aromatic ring is 1. The van der Waals surface area contributed by atoms with Gasteiger partial charge >= 0.3 is 5.97 Å². The molecule has 0 aliphatic heterocycles. The van der Waals surface area contributed by atoms with Crippen molar-refractivity contribution in [1.82, 2.24) is 0 Å². The van der Waals surface area contributed by atoms with E-state index in [4.69, 9.17) is 19.9 Å². The Bertz CT molecular complexity index is 683. The van der Waals surface area contributed by atoms with Gasteiger partial charge in [-0.25, -0.2) is 0 Å². The number of carbonyl (C=O) groups excluding carboxylic acids is 1. The summed E-state index contributed by atoms with van der Waals surface area (Å²) in [6, 6.07) is 13.4. The second-order valence-electron chi connectivity index (χ2n) is 5.75. The summed E-state index contributed by atoms with van der Waals surface area (Å²) in [6.07, 6.45) is 2.61. The van der Waals surface area contributed by atoms with Gasteiger partial charge in [0.25, 0.3) is 0 Å². The van der Waals surface area contributed by atoms with E-state index in [-0.39, 0.29) is 5.97 Å². The average Bonchev–Trinajstić information content (AvgIpc) is 2.64. The highest BCUT2D eigenvalue weighted by Gasteiger charge is 2.06. The van der Waals surface area contributed by atoms with Crippen molar-refractivity contribution in [2.24, 2.45) is 0 Å². The minimum Gasteiger partial charge on any atom is -0.493 e. The maximum Gasteiger partial charge on any atom is 0.306 e. The van der Waals surface area contributed by atoms with E-state index in [1.165, 1.54) is 0 Å². The number of carbonyl (C=O) groups is 1. The van der Waals surface area contributed by atoms with Crippen molar-refractivity contribution in [3.05, 3.63) is 53.6 Å². The maximum absolute atomic E-state index is 11.8. The maximum atomic E-state index is 11.8. The summed E-state index contributed by atoms with van der Waals surface area (Å²) in [7, 11) is 3.23. The van der Waals surface area contributed by atoms with Crippen LogP contribution >= 0.6 is 0 Å². The molecule has 0 unspecified atom stereocenters. The van der Waals surface area contributed by atoms with Gasteiger partial charge in [0.1, 0.15) is 0 Å². The van der Waals surface area contributed by atoms with Gasteiger partial charge in [-0.05, 0) is 54.7 Å². The van der Waals surface area contributed by atoms with Crippen LogP contribution in [0.15, 0.2) is 42.5 Å². The van der Waals surface area contributed by atoms with Gasteiger partial charge in [-0.1, -0.05) is 18.2 Å². The Balaban J connectivity index is 1.68. The Morgan fingerprint density at radius 1 is 0.920 bits per heavy atom. The van der Waals surface area contributed by atoms with Gasteiger partial charge in [0.15, 0.2) is 11.5 Å². The van der Waals surface area contributed by atoms with E-state index < -0.39 is 0 Å². The SMILES string of the molecule is COc1ccc(CCCOC(=O)CCc2ccc(N)cc2)cc1OC. The molecule has 0 aliphatic carbocycles. The number of benzene rings is 2. The lowest BCUT2D eigenvalue weighted by molar-refractivity contribution is -0.143. The first-order valence-electron chi connectivity index (χ1n) is 8.33. The van der Waals surface area contributed by atoms with E-state index in [0.29, 0.717) is 30.9 Å². The van der Waals surface area contributed by atoms with E-state index in [9.17, 15) is 4.79 Å². The lowest BCUT2D eigenvalue weighted by atomic mass is 10.1. The van der Waals surface area contributed by atoms with Crippen LogP contribution in [0.1, 0.15) is 24.0 Å². The number of ether oxygens (including phenoxy) is 3. The quantitative estimate of drug-likeness (QED) is 0.429. The van der Waals surface area contributed by atoms with Gasteiger partial charge in [-0.15, -0.1) is 0 Å². The third kappa shape index (κ3) is 6.03. The summed E-state index contributed by atoms with van der Waals surface area (Å²) >= 11 is 0. The van der Waals surface area contributed by atoms with Crippen LogP contribution < -0.4 is 15.2 Å². The van der Waals surface area contributed by atoms with Crippen molar-refractivity contribution in [2.45, 2.75) is 25.7 Å². The molecule has 0 saturated heterocycles. The molecule has 0 aromatic heterocycles. The fourth-order valence-electron chi connectivity index (χ4n) is 2.50. The van der Waals surface area contributed by atoms with Crippen molar-refractivity contribution in [3.8, 4) is 11.5 Å². The van der Waals surface area contributed by atoms with Crippen molar-refractivity contribution in [1.29, 1.82) is 0 Å². The molecule has 0 radical (unpaired) electrons. The summed E-state index contributed by atoms with van der Waals surface area (Å²) in [6.45, 7) is 0.412. The van der Waals surface area contributed by atoms with Crippen LogP contribution in [-0.2, 0) is 22.4 Å². The van der Waals surface area contributed by atoms with Gasteiger partial charge in [-0.2, -0.15) is 0 Å². The Morgan fingerprint density at radius 2 is 1.60 bits per heavy atom. The molecule has 2 N–H and O–H groups in total. The van der Waals surface area contributed by atoms with Gasteiger partial charge in [0, 0.05) is 12.1 Å². The lowest BCUT2D eigenvalue weighted by Crippen LogP contribution is -2.07. The number of hydrogen-bond acceptors (Lipinski definition) is 5. The highest BCUT2D eigenvalue weighted by atomic mass is 16.5. The predicted octanol–water partition coefficient (Wildman–Crippen LogP) is 3.39. The zero-order chi connectivity index (χ0) is 18.1. The molecule has 5 heteroatoms. The van der Waals surface area contributed by atoms with Crippen LogP contribution in [0.4, 0.5) is 5.69 Å². The molecular formula is C20H25NO4. The number of hydrogen-bond donors (Lipinski definition) is 1. The zero-order valence-electron chi connectivity index (χ0n) is 14.8. The molecule has 0 spiro atoms. The molecule has 0 amide bonds. The third-order valence-electron chi connectivity index (χ3n) is 3.92. The molecular weight excluding hydrogens is 318 g/mol.